The third-order valence-electron chi connectivity index (χ3n) is 2.15. The lowest BCUT2D eigenvalue weighted by Crippen LogP contribution is -1.88. The van der Waals surface area contributed by atoms with E-state index in [0.717, 1.165) is 26.9 Å². The van der Waals surface area contributed by atoms with Gasteiger partial charge >= 0.3 is 0 Å². The van der Waals surface area contributed by atoms with Crippen molar-refractivity contribution in [1.82, 2.24) is 9.78 Å². The van der Waals surface area contributed by atoms with Gasteiger partial charge in [-0.15, -0.1) is 11.8 Å². The summed E-state index contributed by atoms with van der Waals surface area (Å²) < 4.78 is 1.78. The van der Waals surface area contributed by atoms with Crippen LogP contribution in [-0.2, 0) is 12.8 Å². The fraction of sp³-hybridized carbons (Fsp3) is 0.182. The Balaban J connectivity index is 2.07. The molecule has 1 aromatic carbocycles. The number of anilines is 1. The first-order valence-corrected chi connectivity index (χ1v) is 6.17. The third kappa shape index (κ3) is 2.71. The minimum absolute atomic E-state index is 0.742. The number of hydrogen-bond donors (Lipinski definition) is 1. The summed E-state index contributed by atoms with van der Waals surface area (Å²) in [6.45, 7) is 0. The number of rotatable bonds is 3. The van der Waals surface area contributed by atoms with Crippen molar-refractivity contribution >= 4 is 29.1 Å². The molecular weight excluding hydrogens is 242 g/mol. The molecule has 0 fully saturated rings. The molecule has 0 unspecified atom stereocenters. The third-order valence-corrected chi connectivity index (χ3v) is 3.51. The van der Waals surface area contributed by atoms with Crippen LogP contribution < -0.4 is 5.73 Å². The van der Waals surface area contributed by atoms with Gasteiger partial charge in [0.25, 0.3) is 0 Å². The molecule has 0 radical (unpaired) electrons. The average molecular weight is 254 g/mol. The van der Waals surface area contributed by atoms with Gasteiger partial charge in [0.1, 0.15) is 0 Å². The van der Waals surface area contributed by atoms with E-state index in [0.29, 0.717) is 0 Å². The van der Waals surface area contributed by atoms with E-state index in [-0.39, 0.29) is 0 Å². The van der Waals surface area contributed by atoms with Gasteiger partial charge in [-0.1, -0.05) is 11.6 Å². The highest BCUT2D eigenvalue weighted by molar-refractivity contribution is 7.98. The van der Waals surface area contributed by atoms with Crippen molar-refractivity contribution < 1.29 is 0 Å². The predicted octanol–water partition coefficient (Wildman–Crippen LogP) is 2.95. The molecule has 16 heavy (non-hydrogen) atoms. The maximum atomic E-state index is 6.08. The van der Waals surface area contributed by atoms with Crippen LogP contribution in [0.2, 0.25) is 5.02 Å². The second kappa shape index (κ2) is 4.80. The zero-order valence-electron chi connectivity index (χ0n) is 8.85. The zero-order valence-corrected chi connectivity index (χ0v) is 10.4. The fourth-order valence-electron chi connectivity index (χ4n) is 1.34. The first-order valence-electron chi connectivity index (χ1n) is 4.80. The molecule has 0 aliphatic rings. The highest BCUT2D eigenvalue weighted by Crippen LogP contribution is 2.27. The van der Waals surface area contributed by atoms with E-state index in [4.69, 9.17) is 17.3 Å². The van der Waals surface area contributed by atoms with Gasteiger partial charge in [0, 0.05) is 34.6 Å². The van der Waals surface area contributed by atoms with Crippen LogP contribution in [0.5, 0.6) is 0 Å². The Bertz CT molecular complexity index is 496. The van der Waals surface area contributed by atoms with E-state index in [1.807, 2.05) is 31.6 Å². The number of halogens is 1. The summed E-state index contributed by atoms with van der Waals surface area (Å²) in [5, 5.41) is 4.86. The molecule has 0 atom stereocenters. The number of aromatic nitrogens is 2. The average Bonchev–Trinajstić information content (AvgIpc) is 2.66. The van der Waals surface area contributed by atoms with Gasteiger partial charge in [-0.3, -0.25) is 4.68 Å². The van der Waals surface area contributed by atoms with E-state index in [1.54, 1.807) is 22.5 Å². The van der Waals surface area contributed by atoms with Crippen molar-refractivity contribution in [2.24, 2.45) is 7.05 Å². The summed E-state index contributed by atoms with van der Waals surface area (Å²) in [6.07, 6.45) is 3.82. The lowest BCUT2D eigenvalue weighted by molar-refractivity contribution is 0.766. The maximum absolute atomic E-state index is 6.08. The van der Waals surface area contributed by atoms with Gasteiger partial charge in [0.15, 0.2) is 0 Å². The summed E-state index contributed by atoms with van der Waals surface area (Å²) in [5.74, 6) is 0.801. The molecule has 0 aliphatic heterocycles. The van der Waals surface area contributed by atoms with Crippen molar-refractivity contribution in [2.45, 2.75) is 10.6 Å². The van der Waals surface area contributed by atoms with Crippen LogP contribution >= 0.6 is 23.4 Å². The van der Waals surface area contributed by atoms with Crippen LogP contribution in [0.4, 0.5) is 5.69 Å². The molecule has 0 saturated heterocycles. The van der Waals surface area contributed by atoms with Crippen LogP contribution in [0.15, 0.2) is 35.5 Å². The van der Waals surface area contributed by atoms with Crippen molar-refractivity contribution in [3.8, 4) is 0 Å². The highest BCUT2D eigenvalue weighted by Gasteiger charge is 2.03. The van der Waals surface area contributed by atoms with Gasteiger partial charge < -0.3 is 5.73 Å². The minimum atomic E-state index is 0.742. The molecule has 0 bridgehead atoms. The Morgan fingerprint density at radius 1 is 1.50 bits per heavy atom. The first-order chi connectivity index (χ1) is 7.65. The number of aryl methyl sites for hydroxylation is 1. The topological polar surface area (TPSA) is 43.8 Å². The molecule has 2 rings (SSSR count). The van der Waals surface area contributed by atoms with Crippen molar-refractivity contribution in [3.05, 3.63) is 41.2 Å². The molecule has 1 aromatic heterocycles. The Hall–Kier alpha value is -1.13. The van der Waals surface area contributed by atoms with Crippen molar-refractivity contribution in [1.29, 1.82) is 0 Å². The van der Waals surface area contributed by atoms with E-state index >= 15 is 0 Å². The highest BCUT2D eigenvalue weighted by atomic mass is 35.5. The molecule has 5 heteroatoms. The summed E-state index contributed by atoms with van der Waals surface area (Å²) in [5.41, 5.74) is 7.51. The molecule has 0 amide bonds. The molecule has 3 nitrogen and oxygen atoms in total. The number of nitrogen functional groups attached to an aromatic ring is 1. The summed E-state index contributed by atoms with van der Waals surface area (Å²) >= 11 is 7.77. The Morgan fingerprint density at radius 3 is 3.00 bits per heavy atom. The molecule has 1 heterocycles. The van der Waals surface area contributed by atoms with Crippen LogP contribution in [0.1, 0.15) is 5.56 Å². The lowest BCUT2D eigenvalue weighted by atomic mass is 10.2. The SMILES string of the molecule is Cn1cc(SCc2cc(N)ccc2Cl)cn1. The monoisotopic (exact) mass is 253 g/mol. The maximum Gasteiger partial charge on any atom is 0.0625 e. The van der Waals surface area contributed by atoms with E-state index in [1.165, 1.54) is 0 Å². The van der Waals surface area contributed by atoms with Crippen LogP contribution in [0.3, 0.4) is 0 Å². The molecule has 0 aliphatic carbocycles. The molecule has 2 aromatic rings. The molecule has 0 spiro atoms. The van der Waals surface area contributed by atoms with Crippen LogP contribution in [0, 0.1) is 0 Å². The number of hydrogen-bond acceptors (Lipinski definition) is 3. The van der Waals surface area contributed by atoms with E-state index < -0.39 is 0 Å². The van der Waals surface area contributed by atoms with Crippen molar-refractivity contribution in [3.63, 3.8) is 0 Å². The lowest BCUT2D eigenvalue weighted by Gasteiger charge is -2.04. The Labute approximate surface area is 104 Å². The van der Waals surface area contributed by atoms with Gasteiger partial charge in [-0.2, -0.15) is 5.10 Å². The summed E-state index contributed by atoms with van der Waals surface area (Å²) in [6, 6.07) is 5.54. The fourth-order valence-corrected chi connectivity index (χ4v) is 2.51. The second-order valence-corrected chi connectivity index (χ2v) is 4.95. The number of nitrogens with zero attached hydrogens (tertiary/aromatic N) is 2. The quantitative estimate of drug-likeness (QED) is 0.676. The Morgan fingerprint density at radius 2 is 2.31 bits per heavy atom. The molecule has 0 saturated carbocycles. The molecule has 2 N–H and O–H groups in total. The van der Waals surface area contributed by atoms with Crippen LogP contribution in [0.25, 0.3) is 0 Å². The number of benzene rings is 1. The first kappa shape index (κ1) is 11.4. The van der Waals surface area contributed by atoms with E-state index in [2.05, 4.69) is 5.10 Å². The van der Waals surface area contributed by atoms with Gasteiger partial charge in [-0.05, 0) is 23.8 Å². The standard InChI is InChI=1S/C11H12ClN3S/c1-15-6-10(5-14-15)16-7-8-4-9(13)2-3-11(8)12/h2-6H,7,13H2,1H3. The zero-order chi connectivity index (χ0) is 11.5. The molecular formula is C11H12ClN3S. The summed E-state index contributed by atoms with van der Waals surface area (Å²) in [7, 11) is 1.90. The Kier molecular flexibility index (Phi) is 3.41. The molecule has 84 valence electrons. The number of nitrogens with two attached hydrogens (primary N) is 1. The smallest absolute Gasteiger partial charge is 0.0625 e. The van der Waals surface area contributed by atoms with Gasteiger partial charge in [0.05, 0.1) is 6.20 Å². The van der Waals surface area contributed by atoms with Crippen LogP contribution in [-0.4, -0.2) is 9.78 Å². The van der Waals surface area contributed by atoms with Gasteiger partial charge in [0.2, 0.25) is 0 Å². The van der Waals surface area contributed by atoms with Gasteiger partial charge in [-0.25, -0.2) is 0 Å². The van der Waals surface area contributed by atoms with E-state index in [9.17, 15) is 0 Å². The number of thioether (sulfide) groups is 1. The largest absolute Gasteiger partial charge is 0.399 e. The second-order valence-electron chi connectivity index (χ2n) is 3.49. The predicted molar refractivity (Wildman–Crippen MR) is 68.6 cm³/mol. The minimum Gasteiger partial charge on any atom is -0.399 e. The normalized spacial score (nSPS) is 10.6. The van der Waals surface area contributed by atoms with Crippen molar-refractivity contribution in [2.75, 3.05) is 5.73 Å². The summed E-state index contributed by atoms with van der Waals surface area (Å²) in [4.78, 5) is 1.13.